The number of aryl methyl sites for hydroxylation is 2. The van der Waals surface area contributed by atoms with Crippen molar-refractivity contribution in [3.8, 4) is 0 Å². The van der Waals surface area contributed by atoms with Crippen LogP contribution < -0.4 is 5.32 Å². The van der Waals surface area contributed by atoms with Crippen LogP contribution in [-0.4, -0.2) is 18.2 Å². The largest absolute Gasteiger partial charge is 0.343 e. The number of halogens is 1. The molecular formula is C17H23BrN2. The topological polar surface area (TPSA) is 17.0 Å². The van der Waals surface area contributed by atoms with E-state index in [2.05, 4.69) is 51.8 Å². The smallest absolute Gasteiger partial charge is 0.0526 e. The molecule has 20 heavy (non-hydrogen) atoms. The molecule has 1 aliphatic heterocycles. The average molecular weight is 335 g/mol. The first-order chi connectivity index (χ1) is 9.67. The maximum absolute atomic E-state index is 3.81. The van der Waals surface area contributed by atoms with E-state index in [0.29, 0.717) is 5.92 Å². The van der Waals surface area contributed by atoms with Crippen LogP contribution in [0.15, 0.2) is 16.6 Å². The van der Waals surface area contributed by atoms with Gasteiger partial charge in [-0.3, -0.25) is 0 Å². The molecule has 0 bridgehead atoms. The summed E-state index contributed by atoms with van der Waals surface area (Å²) in [5.74, 6) is 0.609. The molecule has 2 nitrogen and oxygen atoms in total. The molecule has 1 aliphatic rings. The molecule has 2 aromatic rings. The predicted octanol–water partition coefficient (Wildman–Crippen LogP) is 4.37. The minimum Gasteiger partial charge on any atom is -0.343 e. The molecule has 1 N–H and O–H groups in total. The zero-order valence-electron chi connectivity index (χ0n) is 12.6. The van der Waals surface area contributed by atoms with Crippen LogP contribution in [0.3, 0.4) is 0 Å². The van der Waals surface area contributed by atoms with Crippen LogP contribution >= 0.6 is 15.9 Å². The van der Waals surface area contributed by atoms with Crippen molar-refractivity contribution < 1.29 is 0 Å². The summed E-state index contributed by atoms with van der Waals surface area (Å²) in [5, 5.41) is 4.74. The van der Waals surface area contributed by atoms with Gasteiger partial charge in [0.2, 0.25) is 0 Å². The second kappa shape index (κ2) is 5.53. The molecule has 0 amide bonds. The number of nitrogens with one attached hydrogen (secondary N) is 1. The summed E-state index contributed by atoms with van der Waals surface area (Å²) in [5.41, 5.74) is 5.86. The molecule has 1 unspecified atom stereocenters. The minimum atomic E-state index is 0.609. The lowest BCUT2D eigenvalue weighted by molar-refractivity contribution is 0.605. The summed E-state index contributed by atoms with van der Waals surface area (Å²) in [6.07, 6.45) is 3.66. The van der Waals surface area contributed by atoms with Gasteiger partial charge in [0.15, 0.2) is 0 Å². The van der Waals surface area contributed by atoms with Crippen molar-refractivity contribution in [1.82, 2.24) is 9.88 Å². The molecule has 0 saturated heterocycles. The Bertz CT molecular complexity index is 642. The van der Waals surface area contributed by atoms with Gasteiger partial charge in [0, 0.05) is 28.6 Å². The summed E-state index contributed by atoms with van der Waals surface area (Å²) < 4.78 is 3.78. The number of benzene rings is 1. The van der Waals surface area contributed by atoms with Crippen molar-refractivity contribution in [3.05, 3.63) is 33.4 Å². The molecule has 1 atom stereocenters. The maximum Gasteiger partial charge on any atom is 0.0526 e. The van der Waals surface area contributed by atoms with Crippen LogP contribution in [0.1, 0.15) is 42.5 Å². The van der Waals surface area contributed by atoms with E-state index >= 15 is 0 Å². The summed E-state index contributed by atoms with van der Waals surface area (Å²) in [7, 11) is 2.04. The molecular weight excluding hydrogens is 312 g/mol. The Balaban J connectivity index is 2.21. The Kier molecular flexibility index (Phi) is 3.91. The van der Waals surface area contributed by atoms with Crippen molar-refractivity contribution >= 4 is 26.8 Å². The SMILES string of the molecule is CCC(CNC)c1cc2c3c(c1)c(Br)c(C)n3CCC2. The molecule has 108 valence electrons. The quantitative estimate of drug-likeness (QED) is 0.878. The summed E-state index contributed by atoms with van der Waals surface area (Å²) in [4.78, 5) is 0. The third kappa shape index (κ3) is 2.11. The second-order valence-electron chi connectivity index (χ2n) is 5.89. The van der Waals surface area contributed by atoms with Gasteiger partial charge in [-0.05, 0) is 72.3 Å². The number of rotatable bonds is 4. The molecule has 3 heteroatoms. The highest BCUT2D eigenvalue weighted by atomic mass is 79.9. The summed E-state index contributed by atoms with van der Waals surface area (Å²) in [6, 6.07) is 4.86. The van der Waals surface area contributed by atoms with Crippen LogP contribution in [0.2, 0.25) is 0 Å². The van der Waals surface area contributed by atoms with Crippen LogP contribution in [0.4, 0.5) is 0 Å². The summed E-state index contributed by atoms with van der Waals surface area (Å²) >= 11 is 3.81. The highest BCUT2D eigenvalue weighted by Gasteiger charge is 2.21. The molecule has 0 saturated carbocycles. The number of hydrogen-bond acceptors (Lipinski definition) is 1. The Morgan fingerprint density at radius 2 is 2.20 bits per heavy atom. The molecule has 1 aromatic carbocycles. The van der Waals surface area contributed by atoms with Gasteiger partial charge in [-0.15, -0.1) is 0 Å². The normalized spacial score (nSPS) is 15.8. The Labute approximate surface area is 129 Å². The molecule has 0 spiro atoms. The third-order valence-corrected chi connectivity index (χ3v) is 5.68. The van der Waals surface area contributed by atoms with Gasteiger partial charge in [0.25, 0.3) is 0 Å². The maximum atomic E-state index is 3.81. The zero-order valence-corrected chi connectivity index (χ0v) is 14.2. The van der Waals surface area contributed by atoms with Gasteiger partial charge >= 0.3 is 0 Å². The van der Waals surface area contributed by atoms with Crippen molar-refractivity contribution in [2.45, 2.75) is 45.6 Å². The predicted molar refractivity (Wildman–Crippen MR) is 89.7 cm³/mol. The van der Waals surface area contributed by atoms with Crippen LogP contribution in [0, 0.1) is 6.92 Å². The van der Waals surface area contributed by atoms with Gasteiger partial charge in [0.05, 0.1) is 5.52 Å². The highest BCUT2D eigenvalue weighted by molar-refractivity contribution is 9.10. The van der Waals surface area contributed by atoms with Crippen molar-refractivity contribution in [1.29, 1.82) is 0 Å². The molecule has 0 fully saturated rings. The highest BCUT2D eigenvalue weighted by Crippen LogP contribution is 2.38. The van der Waals surface area contributed by atoms with Crippen molar-refractivity contribution in [2.75, 3.05) is 13.6 Å². The fourth-order valence-electron chi connectivity index (χ4n) is 3.56. The molecule has 0 aliphatic carbocycles. The van der Waals surface area contributed by atoms with E-state index in [1.807, 2.05) is 7.05 Å². The molecule has 2 heterocycles. The minimum absolute atomic E-state index is 0.609. The van der Waals surface area contributed by atoms with Gasteiger partial charge < -0.3 is 9.88 Å². The second-order valence-corrected chi connectivity index (χ2v) is 6.69. The first kappa shape index (κ1) is 14.2. The van der Waals surface area contributed by atoms with Crippen molar-refractivity contribution in [2.24, 2.45) is 0 Å². The van der Waals surface area contributed by atoms with Gasteiger partial charge in [-0.25, -0.2) is 0 Å². The van der Waals surface area contributed by atoms with E-state index < -0.39 is 0 Å². The standard InChI is InChI=1S/C17H23BrN2/c1-4-12(10-19-3)14-8-13-6-5-7-20-11(2)16(18)15(9-14)17(13)20/h8-9,12,19H,4-7,10H2,1-3H3. The van der Waals surface area contributed by atoms with Crippen LogP contribution in [0.5, 0.6) is 0 Å². The lowest BCUT2D eigenvalue weighted by Gasteiger charge is -2.21. The van der Waals surface area contributed by atoms with Crippen molar-refractivity contribution in [3.63, 3.8) is 0 Å². The van der Waals surface area contributed by atoms with Gasteiger partial charge in [-0.2, -0.15) is 0 Å². The van der Waals surface area contributed by atoms with Gasteiger partial charge in [-0.1, -0.05) is 13.0 Å². The van der Waals surface area contributed by atoms with Crippen LogP contribution in [0.25, 0.3) is 10.9 Å². The lowest BCUT2D eigenvalue weighted by atomic mass is 9.91. The summed E-state index contributed by atoms with van der Waals surface area (Å²) in [6.45, 7) is 6.72. The Morgan fingerprint density at radius 3 is 2.90 bits per heavy atom. The fourth-order valence-corrected chi connectivity index (χ4v) is 4.08. The first-order valence-electron chi connectivity index (χ1n) is 7.63. The lowest BCUT2D eigenvalue weighted by Crippen LogP contribution is -2.17. The monoisotopic (exact) mass is 334 g/mol. The Morgan fingerprint density at radius 1 is 1.40 bits per heavy atom. The van der Waals surface area contributed by atoms with E-state index in [-0.39, 0.29) is 0 Å². The molecule has 3 rings (SSSR count). The van der Waals surface area contributed by atoms with E-state index in [0.717, 1.165) is 13.1 Å². The third-order valence-electron chi connectivity index (χ3n) is 4.68. The first-order valence-corrected chi connectivity index (χ1v) is 8.42. The van der Waals surface area contributed by atoms with E-state index in [9.17, 15) is 0 Å². The molecule has 0 radical (unpaired) electrons. The molecule has 1 aromatic heterocycles. The van der Waals surface area contributed by atoms with E-state index in [1.54, 1.807) is 0 Å². The Hall–Kier alpha value is -0.800. The average Bonchev–Trinajstić information content (AvgIpc) is 2.72. The fraction of sp³-hybridized carbons (Fsp3) is 0.529. The van der Waals surface area contributed by atoms with E-state index in [4.69, 9.17) is 0 Å². The number of hydrogen-bond donors (Lipinski definition) is 1. The number of aromatic nitrogens is 1. The number of likely N-dealkylation sites (N-methyl/N-ethyl adjacent to an activating group) is 1. The zero-order chi connectivity index (χ0) is 14.3. The van der Waals surface area contributed by atoms with Crippen LogP contribution in [-0.2, 0) is 13.0 Å². The van der Waals surface area contributed by atoms with E-state index in [1.165, 1.54) is 51.5 Å². The van der Waals surface area contributed by atoms with Gasteiger partial charge in [0.1, 0.15) is 0 Å². The number of nitrogens with zero attached hydrogens (tertiary/aromatic N) is 1.